The summed E-state index contributed by atoms with van der Waals surface area (Å²) in [5.74, 6) is 0. The molecule has 2 heterocycles. The van der Waals surface area contributed by atoms with E-state index in [0.29, 0.717) is 0 Å². The lowest BCUT2D eigenvalue weighted by Gasteiger charge is -1.99. The highest BCUT2D eigenvalue weighted by molar-refractivity contribution is 8.03. The highest BCUT2D eigenvalue weighted by Crippen LogP contribution is 2.41. The van der Waals surface area contributed by atoms with E-state index in [1.165, 1.54) is 30.7 Å². The summed E-state index contributed by atoms with van der Waals surface area (Å²) in [6.07, 6.45) is 0. The van der Waals surface area contributed by atoms with Crippen LogP contribution < -0.4 is 0 Å². The van der Waals surface area contributed by atoms with Gasteiger partial charge in [0.15, 0.2) is 0 Å². The van der Waals surface area contributed by atoms with Crippen LogP contribution in [-0.4, -0.2) is 0 Å². The van der Waals surface area contributed by atoms with Crippen molar-refractivity contribution < 1.29 is 0 Å². The zero-order chi connectivity index (χ0) is 11.0. The van der Waals surface area contributed by atoms with Crippen molar-refractivity contribution in [2.24, 2.45) is 0 Å². The van der Waals surface area contributed by atoms with Gasteiger partial charge in [-0.3, -0.25) is 0 Å². The Bertz CT molecular complexity index is 433. The molecule has 3 heteroatoms. The summed E-state index contributed by atoms with van der Waals surface area (Å²) in [5, 5.41) is 4.49. The lowest BCUT2D eigenvalue weighted by molar-refractivity contribution is 1.31. The molecule has 0 saturated carbocycles. The van der Waals surface area contributed by atoms with E-state index in [1.54, 1.807) is 0 Å². The summed E-state index contributed by atoms with van der Waals surface area (Å²) >= 11 is 5.64. The van der Waals surface area contributed by atoms with Crippen LogP contribution in [0.25, 0.3) is 0 Å². The summed E-state index contributed by atoms with van der Waals surface area (Å²) in [6, 6.07) is 0. The molecule has 0 aliphatic rings. The number of rotatable bonds is 2. The van der Waals surface area contributed by atoms with Gasteiger partial charge in [-0.25, -0.2) is 0 Å². The molecule has 2 aromatic heterocycles. The normalized spacial score (nSPS) is 10.9. The first kappa shape index (κ1) is 11.2. The first-order valence-electron chi connectivity index (χ1n) is 4.87. The van der Waals surface area contributed by atoms with Crippen LogP contribution in [0, 0.1) is 27.7 Å². The smallest absolute Gasteiger partial charge is 0.0686 e. The van der Waals surface area contributed by atoms with Gasteiger partial charge in [0.25, 0.3) is 0 Å². The Morgan fingerprint density at radius 2 is 1.20 bits per heavy atom. The largest absolute Gasteiger partial charge is 0.136 e. The van der Waals surface area contributed by atoms with E-state index in [0.717, 1.165) is 0 Å². The highest BCUT2D eigenvalue weighted by atomic mass is 32.2. The average Bonchev–Trinajstić information content (AvgIpc) is 2.68. The van der Waals surface area contributed by atoms with Gasteiger partial charge in [-0.2, -0.15) is 0 Å². The van der Waals surface area contributed by atoms with E-state index in [4.69, 9.17) is 0 Å². The van der Waals surface area contributed by atoms with Crippen LogP contribution in [0.15, 0.2) is 19.2 Å². The van der Waals surface area contributed by atoms with Crippen molar-refractivity contribution in [1.82, 2.24) is 0 Å². The minimum Gasteiger partial charge on any atom is -0.136 e. The van der Waals surface area contributed by atoms with E-state index >= 15 is 0 Å². The van der Waals surface area contributed by atoms with Crippen molar-refractivity contribution in [3.8, 4) is 0 Å². The van der Waals surface area contributed by atoms with Crippen LogP contribution in [0.2, 0.25) is 0 Å². The Kier molecular flexibility index (Phi) is 3.24. The molecule has 0 amide bonds. The zero-order valence-electron chi connectivity index (χ0n) is 9.38. The molecule has 0 atom stereocenters. The lowest BCUT2D eigenvalue weighted by Crippen LogP contribution is -1.75. The summed E-state index contributed by atoms with van der Waals surface area (Å²) < 4.78 is 2.88. The van der Waals surface area contributed by atoms with Gasteiger partial charge in [0.1, 0.15) is 0 Å². The highest BCUT2D eigenvalue weighted by Gasteiger charge is 2.10. The molecule has 2 aromatic rings. The molecule has 0 saturated heterocycles. The van der Waals surface area contributed by atoms with Crippen LogP contribution in [0.4, 0.5) is 0 Å². The fourth-order valence-electron chi connectivity index (χ4n) is 1.24. The Morgan fingerprint density at radius 3 is 1.47 bits per heavy atom. The molecule has 0 radical (unpaired) electrons. The maximum absolute atomic E-state index is 2.24. The zero-order valence-corrected chi connectivity index (χ0v) is 11.8. The second kappa shape index (κ2) is 4.32. The molecule has 80 valence electrons. The minimum atomic E-state index is 1.41. The van der Waals surface area contributed by atoms with Crippen molar-refractivity contribution in [3.05, 3.63) is 33.0 Å². The van der Waals surface area contributed by atoms with Crippen LogP contribution >= 0.6 is 34.4 Å². The molecule has 0 unspecified atom stereocenters. The Hall–Kier alpha value is -0.250. The molecule has 0 aromatic carbocycles. The maximum atomic E-state index is 2.24. The van der Waals surface area contributed by atoms with E-state index in [1.807, 2.05) is 34.4 Å². The van der Waals surface area contributed by atoms with Crippen molar-refractivity contribution in [1.29, 1.82) is 0 Å². The van der Waals surface area contributed by atoms with Crippen LogP contribution in [0.5, 0.6) is 0 Å². The van der Waals surface area contributed by atoms with E-state index < -0.39 is 0 Å². The quantitative estimate of drug-likeness (QED) is 0.710. The van der Waals surface area contributed by atoms with Gasteiger partial charge >= 0.3 is 0 Å². The molecular formula is C12H14S3. The molecule has 0 N–H and O–H groups in total. The van der Waals surface area contributed by atoms with Gasteiger partial charge < -0.3 is 0 Å². The molecule has 0 bridgehead atoms. The van der Waals surface area contributed by atoms with E-state index in [9.17, 15) is 0 Å². The Balaban J connectivity index is 2.29. The van der Waals surface area contributed by atoms with Crippen molar-refractivity contribution >= 4 is 34.4 Å². The minimum absolute atomic E-state index is 1.41. The summed E-state index contributed by atoms with van der Waals surface area (Å²) in [5.41, 5.74) is 5.70. The SMILES string of the molecule is Cc1csc(Sc2scc(C)c2C)c1C. The second-order valence-corrected chi connectivity index (χ2v) is 7.06. The first-order valence-corrected chi connectivity index (χ1v) is 7.44. The number of thiophene rings is 2. The van der Waals surface area contributed by atoms with Crippen molar-refractivity contribution in [2.75, 3.05) is 0 Å². The topological polar surface area (TPSA) is 0 Å². The lowest BCUT2D eigenvalue weighted by atomic mass is 10.2. The van der Waals surface area contributed by atoms with Crippen LogP contribution in [0.1, 0.15) is 22.3 Å². The molecule has 0 fully saturated rings. The second-order valence-electron chi connectivity index (χ2n) is 3.76. The molecule has 15 heavy (non-hydrogen) atoms. The average molecular weight is 254 g/mol. The third-order valence-electron chi connectivity index (χ3n) is 2.67. The summed E-state index contributed by atoms with van der Waals surface area (Å²) in [4.78, 5) is 0. The van der Waals surface area contributed by atoms with Crippen LogP contribution in [-0.2, 0) is 0 Å². The summed E-state index contributed by atoms with van der Waals surface area (Å²) in [6.45, 7) is 8.79. The fraction of sp³-hybridized carbons (Fsp3) is 0.333. The Labute approximate surface area is 103 Å². The first-order chi connectivity index (χ1) is 7.09. The molecule has 2 rings (SSSR count). The molecule has 0 aliphatic carbocycles. The molecular weight excluding hydrogens is 240 g/mol. The molecule has 0 nitrogen and oxygen atoms in total. The maximum Gasteiger partial charge on any atom is 0.0686 e. The Morgan fingerprint density at radius 1 is 0.800 bits per heavy atom. The van der Waals surface area contributed by atoms with Gasteiger partial charge in [-0.05, 0) is 60.7 Å². The van der Waals surface area contributed by atoms with Crippen LogP contribution in [0.3, 0.4) is 0 Å². The van der Waals surface area contributed by atoms with Crippen molar-refractivity contribution in [2.45, 2.75) is 36.1 Å². The summed E-state index contributed by atoms with van der Waals surface area (Å²) in [7, 11) is 0. The monoisotopic (exact) mass is 254 g/mol. The van der Waals surface area contributed by atoms with Gasteiger partial charge in [0.05, 0.1) is 8.42 Å². The third-order valence-corrected chi connectivity index (χ3v) is 6.71. The van der Waals surface area contributed by atoms with Gasteiger partial charge in [0.2, 0.25) is 0 Å². The standard InChI is InChI=1S/C12H14S3/c1-7-5-13-11(9(7)3)15-12-10(4)8(2)6-14-12/h5-6H,1-4H3. The molecule has 0 spiro atoms. The van der Waals surface area contributed by atoms with E-state index in [2.05, 4.69) is 38.5 Å². The van der Waals surface area contributed by atoms with Gasteiger partial charge in [-0.15, -0.1) is 22.7 Å². The van der Waals surface area contributed by atoms with Crippen molar-refractivity contribution in [3.63, 3.8) is 0 Å². The number of aryl methyl sites for hydroxylation is 2. The number of hydrogen-bond acceptors (Lipinski definition) is 3. The predicted molar refractivity (Wildman–Crippen MR) is 71.7 cm³/mol. The fourth-order valence-corrected chi connectivity index (χ4v) is 4.97. The van der Waals surface area contributed by atoms with Gasteiger partial charge in [-0.1, -0.05) is 11.8 Å². The van der Waals surface area contributed by atoms with Gasteiger partial charge in [0, 0.05) is 0 Å². The third kappa shape index (κ3) is 2.14. The molecule has 0 aliphatic heterocycles. The number of hydrogen-bond donors (Lipinski definition) is 0. The predicted octanol–water partition coefficient (Wildman–Crippen LogP) is 5.19. The van der Waals surface area contributed by atoms with E-state index in [-0.39, 0.29) is 0 Å².